The van der Waals surface area contributed by atoms with E-state index in [0.717, 1.165) is 25.8 Å². The van der Waals surface area contributed by atoms with Gasteiger partial charge in [0.2, 0.25) is 0 Å². The number of halogens is 2. The first-order chi connectivity index (χ1) is 11.6. The minimum absolute atomic E-state index is 0.134. The van der Waals surface area contributed by atoms with Crippen LogP contribution in [0.3, 0.4) is 0 Å². The predicted molar refractivity (Wildman–Crippen MR) is 98.0 cm³/mol. The Morgan fingerprint density at radius 2 is 1.96 bits per heavy atom. The highest BCUT2D eigenvalue weighted by Crippen LogP contribution is 2.52. The third kappa shape index (κ3) is 3.95. The van der Waals surface area contributed by atoms with E-state index in [-0.39, 0.29) is 40.0 Å². The van der Waals surface area contributed by atoms with E-state index in [1.807, 2.05) is 4.90 Å². The molecule has 136 valence electrons. The van der Waals surface area contributed by atoms with Gasteiger partial charge >= 0.3 is 5.97 Å². The topological polar surface area (TPSA) is 46.6 Å². The molecule has 1 aromatic rings. The molecule has 6 heteroatoms. The summed E-state index contributed by atoms with van der Waals surface area (Å²) in [6.45, 7) is 7.24. The largest absolute Gasteiger partial charge is 0.452 e. The molecule has 0 radical (unpaired) electrons. The molecule has 1 aliphatic carbocycles. The van der Waals surface area contributed by atoms with Crippen molar-refractivity contribution in [3.63, 3.8) is 0 Å². The van der Waals surface area contributed by atoms with Gasteiger partial charge < -0.3 is 9.64 Å². The first-order valence-electron chi connectivity index (χ1n) is 8.50. The van der Waals surface area contributed by atoms with Gasteiger partial charge in [0.05, 0.1) is 10.6 Å². The van der Waals surface area contributed by atoms with Crippen LogP contribution in [0.15, 0.2) is 18.2 Å². The summed E-state index contributed by atoms with van der Waals surface area (Å²) in [6.07, 6.45) is 3.13. The minimum atomic E-state index is -0.608. The molecular formula is C19H23Cl2NO3. The number of nitrogens with zero attached hydrogens (tertiary/aromatic N) is 1. The average molecular weight is 384 g/mol. The maximum Gasteiger partial charge on any atom is 0.340 e. The molecule has 1 aliphatic heterocycles. The maximum absolute atomic E-state index is 12.6. The Morgan fingerprint density at radius 1 is 1.24 bits per heavy atom. The second-order valence-corrected chi connectivity index (χ2v) is 9.28. The summed E-state index contributed by atoms with van der Waals surface area (Å²) < 4.78 is 5.20. The van der Waals surface area contributed by atoms with Gasteiger partial charge in [-0.15, -0.1) is 0 Å². The summed E-state index contributed by atoms with van der Waals surface area (Å²) in [4.78, 5) is 26.7. The van der Waals surface area contributed by atoms with Gasteiger partial charge in [0.15, 0.2) is 6.61 Å². The SMILES string of the molecule is CC1(C)C[C@@H]2C[C@@](C)(CN2C(=O)COC(=O)c2ccc(Cl)cc2Cl)C1. The lowest BCUT2D eigenvalue weighted by molar-refractivity contribution is -0.135. The van der Waals surface area contributed by atoms with Gasteiger partial charge in [-0.05, 0) is 48.3 Å². The summed E-state index contributed by atoms with van der Waals surface area (Å²) in [6, 6.07) is 4.79. The van der Waals surface area contributed by atoms with Crippen LogP contribution >= 0.6 is 23.2 Å². The van der Waals surface area contributed by atoms with Gasteiger partial charge in [-0.3, -0.25) is 4.79 Å². The molecule has 0 aromatic heterocycles. The Labute approximate surface area is 158 Å². The van der Waals surface area contributed by atoms with Gasteiger partial charge in [0, 0.05) is 17.6 Å². The Kier molecular flexibility index (Phi) is 4.80. The summed E-state index contributed by atoms with van der Waals surface area (Å²) in [5.74, 6) is -0.742. The highest BCUT2D eigenvalue weighted by atomic mass is 35.5. The molecule has 0 unspecified atom stereocenters. The number of rotatable bonds is 3. The van der Waals surface area contributed by atoms with Crippen molar-refractivity contribution in [2.75, 3.05) is 13.2 Å². The maximum atomic E-state index is 12.6. The Bertz CT molecular complexity index is 719. The van der Waals surface area contributed by atoms with Crippen LogP contribution < -0.4 is 0 Å². The van der Waals surface area contributed by atoms with Crippen molar-refractivity contribution in [2.24, 2.45) is 10.8 Å². The van der Waals surface area contributed by atoms with E-state index in [1.165, 1.54) is 12.1 Å². The minimum Gasteiger partial charge on any atom is -0.452 e. The summed E-state index contributed by atoms with van der Waals surface area (Å²) in [5, 5.41) is 0.661. The lowest BCUT2D eigenvalue weighted by Gasteiger charge is -2.39. The molecule has 1 saturated carbocycles. The fourth-order valence-electron chi connectivity index (χ4n) is 4.69. The standard InChI is InChI=1S/C19H23Cl2NO3/c1-18(2)7-13-8-19(3,10-18)11-22(13)16(23)9-25-17(24)14-5-4-12(20)6-15(14)21/h4-6,13H,7-11H2,1-3H3/t13-,19-/m1/s1. The Balaban J connectivity index is 1.62. The number of hydrogen-bond acceptors (Lipinski definition) is 3. The molecule has 1 amide bonds. The van der Waals surface area contributed by atoms with E-state index in [1.54, 1.807) is 6.07 Å². The van der Waals surface area contributed by atoms with Crippen molar-refractivity contribution in [3.05, 3.63) is 33.8 Å². The number of hydrogen-bond donors (Lipinski definition) is 0. The van der Waals surface area contributed by atoms with Crippen LogP contribution in [-0.2, 0) is 9.53 Å². The molecule has 2 fully saturated rings. The Morgan fingerprint density at radius 3 is 2.64 bits per heavy atom. The molecule has 1 saturated heterocycles. The second kappa shape index (κ2) is 6.48. The van der Waals surface area contributed by atoms with E-state index in [9.17, 15) is 9.59 Å². The summed E-state index contributed by atoms with van der Waals surface area (Å²) >= 11 is 11.8. The number of benzene rings is 1. The number of likely N-dealkylation sites (tertiary alicyclic amines) is 1. The number of ether oxygens (including phenoxy) is 1. The highest BCUT2D eigenvalue weighted by Gasteiger charge is 2.50. The summed E-state index contributed by atoms with van der Waals surface area (Å²) in [5.41, 5.74) is 0.610. The molecule has 0 N–H and O–H groups in total. The third-order valence-electron chi connectivity index (χ3n) is 5.21. The van der Waals surface area contributed by atoms with Crippen LogP contribution in [0.5, 0.6) is 0 Å². The van der Waals surface area contributed by atoms with E-state index >= 15 is 0 Å². The van der Waals surface area contributed by atoms with Gasteiger partial charge in [0.1, 0.15) is 0 Å². The lowest BCUT2D eigenvalue weighted by Crippen LogP contribution is -2.39. The molecule has 4 nitrogen and oxygen atoms in total. The van der Waals surface area contributed by atoms with Crippen molar-refractivity contribution in [1.82, 2.24) is 4.90 Å². The number of amides is 1. The van der Waals surface area contributed by atoms with Crippen molar-refractivity contribution in [2.45, 2.75) is 46.1 Å². The van der Waals surface area contributed by atoms with Crippen molar-refractivity contribution in [3.8, 4) is 0 Å². The number of fused-ring (bicyclic) bond motifs is 2. The molecular weight excluding hydrogens is 361 g/mol. The predicted octanol–water partition coefficient (Wildman–Crippen LogP) is 4.58. The first-order valence-corrected chi connectivity index (χ1v) is 9.26. The van der Waals surface area contributed by atoms with Gasteiger partial charge in [-0.2, -0.15) is 0 Å². The van der Waals surface area contributed by atoms with Gasteiger partial charge in [0.25, 0.3) is 5.91 Å². The van der Waals surface area contributed by atoms with Crippen LogP contribution in [0.25, 0.3) is 0 Å². The molecule has 2 aliphatic rings. The molecule has 2 atom stereocenters. The number of carbonyl (C=O) groups is 2. The zero-order chi connectivity index (χ0) is 18.4. The quantitative estimate of drug-likeness (QED) is 0.717. The normalized spacial score (nSPS) is 27.2. The van der Waals surface area contributed by atoms with Crippen molar-refractivity contribution >= 4 is 35.1 Å². The van der Waals surface area contributed by atoms with Crippen molar-refractivity contribution in [1.29, 1.82) is 0 Å². The number of esters is 1. The zero-order valence-electron chi connectivity index (χ0n) is 14.8. The highest BCUT2D eigenvalue weighted by molar-refractivity contribution is 6.36. The van der Waals surface area contributed by atoms with Crippen LogP contribution in [0, 0.1) is 10.8 Å². The zero-order valence-corrected chi connectivity index (χ0v) is 16.3. The van der Waals surface area contributed by atoms with Gasteiger partial charge in [-0.25, -0.2) is 4.79 Å². The monoisotopic (exact) mass is 383 g/mol. The van der Waals surface area contributed by atoms with E-state index < -0.39 is 5.97 Å². The van der Waals surface area contributed by atoms with E-state index in [2.05, 4.69) is 20.8 Å². The fourth-order valence-corrected chi connectivity index (χ4v) is 5.18. The summed E-state index contributed by atoms with van der Waals surface area (Å²) in [7, 11) is 0. The van der Waals surface area contributed by atoms with Crippen LogP contribution in [0.1, 0.15) is 50.4 Å². The van der Waals surface area contributed by atoms with E-state index in [0.29, 0.717) is 5.02 Å². The smallest absolute Gasteiger partial charge is 0.340 e. The van der Waals surface area contributed by atoms with Crippen LogP contribution in [0.2, 0.25) is 10.0 Å². The second-order valence-electron chi connectivity index (χ2n) is 8.44. The molecule has 25 heavy (non-hydrogen) atoms. The van der Waals surface area contributed by atoms with Gasteiger partial charge in [-0.1, -0.05) is 44.0 Å². The Hall–Kier alpha value is -1.26. The molecule has 2 bridgehead atoms. The molecule has 0 spiro atoms. The average Bonchev–Trinajstić information content (AvgIpc) is 2.73. The first kappa shape index (κ1) is 18.5. The molecule has 1 aromatic carbocycles. The van der Waals surface area contributed by atoms with Crippen molar-refractivity contribution < 1.29 is 14.3 Å². The fraction of sp³-hybridized carbons (Fsp3) is 0.579. The lowest BCUT2D eigenvalue weighted by atomic mass is 9.65. The third-order valence-corrected chi connectivity index (χ3v) is 5.76. The molecule has 1 heterocycles. The van der Waals surface area contributed by atoms with Crippen LogP contribution in [-0.4, -0.2) is 36.0 Å². The number of carbonyl (C=O) groups excluding carboxylic acids is 2. The molecule has 3 rings (SSSR count). The van der Waals surface area contributed by atoms with Crippen LogP contribution in [0.4, 0.5) is 0 Å². The van der Waals surface area contributed by atoms with E-state index in [4.69, 9.17) is 27.9 Å².